The van der Waals surface area contributed by atoms with Crippen molar-refractivity contribution in [1.82, 2.24) is 9.88 Å². The summed E-state index contributed by atoms with van der Waals surface area (Å²) in [6.07, 6.45) is 8.25. The number of para-hydroxylation sites is 1. The van der Waals surface area contributed by atoms with E-state index in [4.69, 9.17) is 11.6 Å². The number of amidine groups is 1. The second-order valence-electron chi connectivity index (χ2n) is 7.10. The van der Waals surface area contributed by atoms with Crippen LogP contribution in [-0.2, 0) is 4.79 Å². The molecule has 0 radical (unpaired) electrons. The second-order valence-corrected chi connectivity index (χ2v) is 8.47. The Morgan fingerprint density at radius 3 is 2.70 bits per heavy atom. The van der Waals surface area contributed by atoms with Crippen LogP contribution >= 0.6 is 23.4 Å². The van der Waals surface area contributed by atoms with Crippen molar-refractivity contribution in [2.24, 2.45) is 4.99 Å². The van der Waals surface area contributed by atoms with Crippen LogP contribution in [0.25, 0.3) is 6.08 Å². The maximum atomic E-state index is 13.3. The number of nitro groups is 1. The van der Waals surface area contributed by atoms with Gasteiger partial charge in [0.25, 0.3) is 11.6 Å². The number of hydrogen-bond acceptors (Lipinski definition) is 6. The van der Waals surface area contributed by atoms with E-state index in [0.717, 1.165) is 32.1 Å². The number of benzene rings is 1. The Bertz CT molecular complexity index is 1050. The summed E-state index contributed by atoms with van der Waals surface area (Å²) in [4.78, 5) is 35.1. The first-order valence-electron chi connectivity index (χ1n) is 9.70. The molecule has 1 aromatic heterocycles. The van der Waals surface area contributed by atoms with Gasteiger partial charge in [-0.05, 0) is 48.9 Å². The summed E-state index contributed by atoms with van der Waals surface area (Å²) >= 11 is 7.39. The molecular formula is C21H19ClN4O3S. The predicted molar refractivity (Wildman–Crippen MR) is 119 cm³/mol. The first-order chi connectivity index (χ1) is 14.5. The third-order valence-corrected chi connectivity index (χ3v) is 6.43. The van der Waals surface area contributed by atoms with Crippen LogP contribution in [0.5, 0.6) is 0 Å². The number of thioether (sulfide) groups is 1. The van der Waals surface area contributed by atoms with E-state index in [-0.39, 0.29) is 22.8 Å². The molecule has 1 aliphatic heterocycles. The minimum Gasteiger partial charge on any atom is -0.283 e. The van der Waals surface area contributed by atoms with Gasteiger partial charge in [-0.25, -0.2) is 9.98 Å². The molecule has 1 saturated heterocycles. The Kier molecular flexibility index (Phi) is 6.15. The van der Waals surface area contributed by atoms with Crippen molar-refractivity contribution in [3.05, 3.63) is 68.3 Å². The molecule has 154 valence electrons. The van der Waals surface area contributed by atoms with Crippen LogP contribution in [-0.4, -0.2) is 31.9 Å². The minimum absolute atomic E-state index is 0.0386. The van der Waals surface area contributed by atoms with E-state index in [0.29, 0.717) is 21.3 Å². The van der Waals surface area contributed by atoms with E-state index in [9.17, 15) is 14.9 Å². The third kappa shape index (κ3) is 4.24. The van der Waals surface area contributed by atoms with Crippen LogP contribution in [0.3, 0.4) is 0 Å². The average Bonchev–Trinajstić information content (AvgIpc) is 3.05. The molecule has 1 aliphatic carbocycles. The summed E-state index contributed by atoms with van der Waals surface area (Å²) in [5, 5.41) is 12.2. The highest BCUT2D eigenvalue weighted by molar-refractivity contribution is 8.18. The van der Waals surface area contributed by atoms with Crippen LogP contribution in [0.1, 0.15) is 37.7 Å². The van der Waals surface area contributed by atoms with E-state index in [1.165, 1.54) is 17.8 Å². The lowest BCUT2D eigenvalue weighted by atomic mass is 9.94. The Labute approximate surface area is 183 Å². The number of carbonyl (C=O) groups is 1. The van der Waals surface area contributed by atoms with Gasteiger partial charge < -0.3 is 0 Å². The molecule has 0 bridgehead atoms. The number of pyridine rings is 1. The highest BCUT2D eigenvalue weighted by Crippen LogP contribution is 2.39. The number of amides is 1. The molecule has 2 aromatic rings. The number of nitro benzene ring substituents is 1. The molecule has 0 unspecified atom stereocenters. The molecule has 4 rings (SSSR count). The lowest BCUT2D eigenvalue weighted by molar-refractivity contribution is -0.385. The van der Waals surface area contributed by atoms with Crippen LogP contribution < -0.4 is 0 Å². The van der Waals surface area contributed by atoms with Crippen molar-refractivity contribution in [3.63, 3.8) is 0 Å². The van der Waals surface area contributed by atoms with Crippen LogP contribution in [0.2, 0.25) is 5.15 Å². The van der Waals surface area contributed by atoms with Crippen molar-refractivity contribution < 1.29 is 9.72 Å². The standard InChI is InChI=1S/C21H19ClN4O3S/c22-19-16(10-6-12-23-19)24-21-25(15-8-2-1-3-9-15)20(27)18(30-21)13-14-7-4-5-11-17(14)26(28)29/h4-7,10-13,15H,1-3,8-9H2/b18-13-,24-21?. The molecule has 1 aromatic carbocycles. The summed E-state index contributed by atoms with van der Waals surface area (Å²) < 4.78 is 0. The van der Waals surface area contributed by atoms with Gasteiger partial charge in [-0.3, -0.25) is 19.8 Å². The minimum atomic E-state index is -0.445. The zero-order valence-corrected chi connectivity index (χ0v) is 17.6. The molecule has 1 saturated carbocycles. The summed E-state index contributed by atoms with van der Waals surface area (Å²) in [7, 11) is 0. The summed E-state index contributed by atoms with van der Waals surface area (Å²) in [6, 6.07) is 9.93. The molecule has 0 N–H and O–H groups in total. The SMILES string of the molecule is O=C1/C(=C/c2ccccc2[N+](=O)[O-])SC(=Nc2cccnc2Cl)N1C1CCCCC1. The van der Waals surface area contributed by atoms with Gasteiger partial charge in [0.15, 0.2) is 10.3 Å². The first-order valence-corrected chi connectivity index (χ1v) is 10.9. The van der Waals surface area contributed by atoms with Crippen molar-refractivity contribution in [2.75, 3.05) is 0 Å². The Hall–Kier alpha value is -2.71. The van der Waals surface area contributed by atoms with Crippen molar-refractivity contribution >= 4 is 51.9 Å². The zero-order valence-electron chi connectivity index (χ0n) is 16.0. The summed E-state index contributed by atoms with van der Waals surface area (Å²) in [6.45, 7) is 0. The number of rotatable bonds is 4. The molecule has 2 heterocycles. The monoisotopic (exact) mass is 442 g/mol. The second kappa shape index (κ2) is 8.97. The van der Waals surface area contributed by atoms with Gasteiger partial charge in [0, 0.05) is 18.3 Å². The van der Waals surface area contributed by atoms with Crippen LogP contribution in [0, 0.1) is 10.1 Å². The highest BCUT2D eigenvalue weighted by atomic mass is 35.5. The number of aromatic nitrogens is 1. The zero-order chi connectivity index (χ0) is 21.1. The summed E-state index contributed by atoms with van der Waals surface area (Å²) in [5.74, 6) is -0.177. The predicted octanol–water partition coefficient (Wildman–Crippen LogP) is 5.58. The first kappa shape index (κ1) is 20.6. The van der Waals surface area contributed by atoms with Crippen molar-refractivity contribution in [3.8, 4) is 0 Å². The van der Waals surface area contributed by atoms with E-state index in [1.807, 2.05) is 0 Å². The lowest BCUT2D eigenvalue weighted by Crippen LogP contribution is -2.40. The quantitative estimate of drug-likeness (QED) is 0.267. The molecular weight excluding hydrogens is 424 g/mol. The topological polar surface area (TPSA) is 88.7 Å². The largest absolute Gasteiger partial charge is 0.283 e. The number of carbonyl (C=O) groups excluding carboxylic acids is 1. The van der Waals surface area contributed by atoms with Gasteiger partial charge in [0.05, 0.1) is 15.4 Å². The lowest BCUT2D eigenvalue weighted by Gasteiger charge is -2.30. The molecule has 9 heteroatoms. The Balaban J connectivity index is 1.75. The number of aliphatic imine (C=N–C) groups is 1. The van der Waals surface area contributed by atoms with Crippen molar-refractivity contribution in [1.29, 1.82) is 0 Å². The molecule has 0 spiro atoms. The normalized spacial score (nSPS) is 20.3. The van der Waals surface area contributed by atoms with E-state index in [2.05, 4.69) is 9.98 Å². The van der Waals surface area contributed by atoms with Crippen LogP contribution in [0.15, 0.2) is 52.5 Å². The maximum Gasteiger partial charge on any atom is 0.276 e. The number of nitrogens with zero attached hydrogens (tertiary/aromatic N) is 4. The molecule has 0 atom stereocenters. The third-order valence-electron chi connectivity index (χ3n) is 5.15. The van der Waals surface area contributed by atoms with E-state index in [1.54, 1.807) is 47.5 Å². The average molecular weight is 443 g/mol. The Morgan fingerprint density at radius 2 is 1.97 bits per heavy atom. The Morgan fingerprint density at radius 1 is 1.20 bits per heavy atom. The fourth-order valence-corrected chi connectivity index (χ4v) is 4.91. The van der Waals surface area contributed by atoms with Gasteiger partial charge in [0.1, 0.15) is 5.69 Å². The highest BCUT2D eigenvalue weighted by Gasteiger charge is 2.39. The van der Waals surface area contributed by atoms with Gasteiger partial charge in [-0.2, -0.15) is 0 Å². The fraction of sp³-hybridized carbons (Fsp3) is 0.286. The molecule has 1 amide bonds. The maximum absolute atomic E-state index is 13.3. The molecule has 2 aliphatic rings. The van der Waals surface area contributed by atoms with Crippen molar-refractivity contribution in [2.45, 2.75) is 38.1 Å². The van der Waals surface area contributed by atoms with E-state index < -0.39 is 4.92 Å². The van der Waals surface area contributed by atoms with Crippen LogP contribution in [0.4, 0.5) is 11.4 Å². The molecule has 2 fully saturated rings. The van der Waals surface area contributed by atoms with Gasteiger partial charge in [0.2, 0.25) is 0 Å². The summed E-state index contributed by atoms with van der Waals surface area (Å²) in [5.41, 5.74) is 0.841. The molecule has 30 heavy (non-hydrogen) atoms. The number of halogens is 1. The fourth-order valence-electron chi connectivity index (χ4n) is 3.71. The number of hydrogen-bond donors (Lipinski definition) is 0. The van der Waals surface area contributed by atoms with E-state index >= 15 is 0 Å². The van der Waals surface area contributed by atoms with Gasteiger partial charge in [-0.1, -0.05) is 43.0 Å². The smallest absolute Gasteiger partial charge is 0.276 e. The van der Waals surface area contributed by atoms with Gasteiger partial charge >= 0.3 is 0 Å². The van der Waals surface area contributed by atoms with Gasteiger partial charge in [-0.15, -0.1) is 0 Å². The molecule has 7 nitrogen and oxygen atoms in total.